The highest BCUT2D eigenvalue weighted by Gasteiger charge is 2.30. The molecule has 1 amide bonds. The molecule has 0 spiro atoms. The van der Waals surface area contributed by atoms with Crippen molar-refractivity contribution in [3.63, 3.8) is 0 Å². The van der Waals surface area contributed by atoms with Crippen LogP contribution in [-0.4, -0.2) is 29.2 Å². The summed E-state index contributed by atoms with van der Waals surface area (Å²) in [6.07, 6.45) is -4.02. The maximum atomic E-state index is 13.1. The highest BCUT2D eigenvalue weighted by molar-refractivity contribution is 6.01. The van der Waals surface area contributed by atoms with Gasteiger partial charge in [-0.3, -0.25) is 4.79 Å². The first kappa shape index (κ1) is 22.8. The molecule has 1 heterocycles. The van der Waals surface area contributed by atoms with Crippen LogP contribution in [0.25, 0.3) is 0 Å². The molecule has 1 aliphatic heterocycles. The lowest BCUT2D eigenvalue weighted by Crippen LogP contribution is -2.37. The molecular weight excluding hydrogens is 412 g/mol. The van der Waals surface area contributed by atoms with E-state index in [9.17, 15) is 22.4 Å². The van der Waals surface area contributed by atoms with Crippen LogP contribution in [0.4, 0.5) is 17.6 Å². The SMILES string of the molecule is CC(C)CC(=O)N(Cc1ccc(C(F)(F)F)cc1)CC1CC(c2ccc(F)cc2)=NO1. The average Bonchev–Trinajstić information content (AvgIpc) is 3.16. The molecule has 0 saturated carbocycles. The van der Waals surface area contributed by atoms with Crippen LogP contribution in [0.15, 0.2) is 53.7 Å². The summed E-state index contributed by atoms with van der Waals surface area (Å²) in [4.78, 5) is 19.9. The third-order valence-electron chi connectivity index (χ3n) is 4.92. The van der Waals surface area contributed by atoms with Gasteiger partial charge in [0.1, 0.15) is 5.82 Å². The van der Waals surface area contributed by atoms with E-state index >= 15 is 0 Å². The largest absolute Gasteiger partial charge is 0.416 e. The summed E-state index contributed by atoms with van der Waals surface area (Å²) in [5.41, 5.74) is 1.28. The van der Waals surface area contributed by atoms with Gasteiger partial charge in [-0.25, -0.2) is 4.39 Å². The number of hydrogen-bond acceptors (Lipinski definition) is 3. The van der Waals surface area contributed by atoms with E-state index in [4.69, 9.17) is 4.84 Å². The number of oxime groups is 1. The first-order valence-corrected chi connectivity index (χ1v) is 10.0. The molecule has 4 nitrogen and oxygen atoms in total. The monoisotopic (exact) mass is 436 g/mol. The van der Waals surface area contributed by atoms with Gasteiger partial charge < -0.3 is 9.74 Å². The number of amides is 1. The maximum absolute atomic E-state index is 13.1. The zero-order valence-electron chi connectivity index (χ0n) is 17.3. The normalized spacial score (nSPS) is 16.2. The summed E-state index contributed by atoms with van der Waals surface area (Å²) in [5, 5.41) is 4.07. The molecule has 0 fully saturated rings. The van der Waals surface area contributed by atoms with Crippen molar-refractivity contribution in [3.05, 3.63) is 71.0 Å². The minimum atomic E-state index is -4.41. The molecule has 0 bridgehead atoms. The Balaban J connectivity index is 1.68. The molecule has 8 heteroatoms. The topological polar surface area (TPSA) is 41.9 Å². The molecule has 166 valence electrons. The summed E-state index contributed by atoms with van der Waals surface area (Å²) in [6, 6.07) is 10.7. The molecule has 31 heavy (non-hydrogen) atoms. The van der Waals surface area contributed by atoms with E-state index < -0.39 is 11.7 Å². The minimum Gasteiger partial charge on any atom is -0.390 e. The molecule has 0 saturated heterocycles. The van der Waals surface area contributed by atoms with Gasteiger partial charge in [0, 0.05) is 19.4 Å². The van der Waals surface area contributed by atoms with Gasteiger partial charge in [-0.2, -0.15) is 13.2 Å². The number of benzene rings is 2. The van der Waals surface area contributed by atoms with E-state index in [1.165, 1.54) is 24.3 Å². The van der Waals surface area contributed by atoms with E-state index in [2.05, 4.69) is 5.16 Å². The van der Waals surface area contributed by atoms with Crippen LogP contribution in [0.3, 0.4) is 0 Å². The summed E-state index contributed by atoms with van der Waals surface area (Å²) in [7, 11) is 0. The second-order valence-electron chi connectivity index (χ2n) is 8.04. The molecule has 0 aliphatic carbocycles. The van der Waals surface area contributed by atoms with Crippen LogP contribution in [-0.2, 0) is 22.4 Å². The number of nitrogens with zero attached hydrogens (tertiary/aromatic N) is 2. The third kappa shape index (κ3) is 6.29. The minimum absolute atomic E-state index is 0.103. The Hall–Kier alpha value is -2.90. The van der Waals surface area contributed by atoms with Crippen molar-refractivity contribution in [2.75, 3.05) is 6.54 Å². The Morgan fingerprint density at radius 2 is 1.77 bits per heavy atom. The van der Waals surface area contributed by atoms with E-state index in [1.807, 2.05) is 13.8 Å². The number of carbonyl (C=O) groups excluding carboxylic acids is 1. The van der Waals surface area contributed by atoms with Crippen LogP contribution >= 0.6 is 0 Å². The third-order valence-corrected chi connectivity index (χ3v) is 4.92. The Morgan fingerprint density at radius 1 is 1.13 bits per heavy atom. The lowest BCUT2D eigenvalue weighted by atomic mass is 10.0. The standard InChI is InChI=1S/C23H24F4N2O2/c1-15(2)11-22(30)29(13-16-3-7-18(8-4-16)23(25,26)27)14-20-12-21(28-31-20)17-5-9-19(24)10-6-17/h3-10,15,20H,11-14H2,1-2H3. The predicted octanol–water partition coefficient (Wildman–Crippen LogP) is 5.41. The van der Waals surface area contributed by atoms with Crippen molar-refractivity contribution < 1.29 is 27.2 Å². The van der Waals surface area contributed by atoms with Crippen LogP contribution in [0.5, 0.6) is 0 Å². The number of carbonyl (C=O) groups is 1. The van der Waals surface area contributed by atoms with E-state index in [0.29, 0.717) is 24.1 Å². The Morgan fingerprint density at radius 3 is 2.35 bits per heavy atom. The molecule has 0 radical (unpaired) electrons. The van der Waals surface area contributed by atoms with Gasteiger partial charge >= 0.3 is 6.18 Å². The first-order valence-electron chi connectivity index (χ1n) is 10.0. The van der Waals surface area contributed by atoms with Gasteiger partial charge in [0.25, 0.3) is 0 Å². The van der Waals surface area contributed by atoms with Crippen molar-refractivity contribution in [3.8, 4) is 0 Å². The van der Waals surface area contributed by atoms with Gasteiger partial charge in [-0.1, -0.05) is 43.3 Å². The van der Waals surface area contributed by atoms with E-state index in [0.717, 1.165) is 17.7 Å². The van der Waals surface area contributed by atoms with Crippen LogP contribution < -0.4 is 0 Å². The van der Waals surface area contributed by atoms with Crippen LogP contribution in [0, 0.1) is 11.7 Å². The number of hydrogen-bond donors (Lipinski definition) is 0. The van der Waals surface area contributed by atoms with Crippen molar-refractivity contribution in [2.24, 2.45) is 11.1 Å². The van der Waals surface area contributed by atoms with Crippen molar-refractivity contribution in [1.29, 1.82) is 0 Å². The lowest BCUT2D eigenvalue weighted by molar-refractivity contribution is -0.138. The Kier molecular flexibility index (Phi) is 6.97. The second-order valence-corrected chi connectivity index (χ2v) is 8.04. The number of halogens is 4. The molecule has 3 rings (SSSR count). The molecule has 1 aliphatic rings. The Labute approximate surface area is 178 Å². The zero-order valence-corrected chi connectivity index (χ0v) is 17.3. The molecule has 0 N–H and O–H groups in total. The second kappa shape index (κ2) is 9.49. The fraction of sp³-hybridized carbons (Fsp3) is 0.391. The van der Waals surface area contributed by atoms with Gasteiger partial charge in [-0.15, -0.1) is 0 Å². The van der Waals surface area contributed by atoms with Gasteiger partial charge in [0.15, 0.2) is 6.10 Å². The number of rotatable bonds is 7. The highest BCUT2D eigenvalue weighted by Crippen LogP contribution is 2.29. The Bertz CT molecular complexity index is 922. The fourth-order valence-electron chi connectivity index (χ4n) is 3.34. The van der Waals surface area contributed by atoms with Gasteiger partial charge in [0.2, 0.25) is 5.91 Å². The van der Waals surface area contributed by atoms with Crippen LogP contribution in [0.2, 0.25) is 0 Å². The van der Waals surface area contributed by atoms with Gasteiger partial charge in [-0.05, 0) is 41.3 Å². The first-order chi connectivity index (χ1) is 14.6. The lowest BCUT2D eigenvalue weighted by Gasteiger charge is -2.26. The zero-order chi connectivity index (χ0) is 22.6. The molecule has 2 aromatic carbocycles. The fourth-order valence-corrected chi connectivity index (χ4v) is 3.34. The quantitative estimate of drug-likeness (QED) is 0.545. The van der Waals surface area contributed by atoms with E-state index in [1.54, 1.807) is 17.0 Å². The maximum Gasteiger partial charge on any atom is 0.416 e. The molecule has 2 aromatic rings. The van der Waals surface area contributed by atoms with Crippen molar-refractivity contribution in [1.82, 2.24) is 4.90 Å². The molecular formula is C23H24F4N2O2. The van der Waals surface area contributed by atoms with E-state index in [-0.39, 0.29) is 36.8 Å². The predicted molar refractivity (Wildman–Crippen MR) is 109 cm³/mol. The highest BCUT2D eigenvalue weighted by atomic mass is 19.4. The smallest absolute Gasteiger partial charge is 0.390 e. The molecule has 1 atom stereocenters. The summed E-state index contributed by atoms with van der Waals surface area (Å²) in [6.45, 7) is 4.28. The van der Waals surface area contributed by atoms with Gasteiger partial charge in [0.05, 0.1) is 17.8 Å². The van der Waals surface area contributed by atoms with Crippen molar-refractivity contribution >= 4 is 11.6 Å². The average molecular weight is 436 g/mol. The molecule has 0 aromatic heterocycles. The van der Waals surface area contributed by atoms with Crippen molar-refractivity contribution in [2.45, 2.75) is 45.5 Å². The van der Waals surface area contributed by atoms with Crippen LogP contribution in [0.1, 0.15) is 43.4 Å². The summed E-state index contributed by atoms with van der Waals surface area (Å²) < 4.78 is 51.6. The summed E-state index contributed by atoms with van der Waals surface area (Å²) >= 11 is 0. The molecule has 1 unspecified atom stereocenters. The number of alkyl halides is 3. The summed E-state index contributed by atoms with van der Waals surface area (Å²) in [5.74, 6) is -0.311.